The van der Waals surface area contributed by atoms with Crippen LogP contribution in [0.2, 0.25) is 0 Å². The first kappa shape index (κ1) is 21.5. The molecule has 0 bridgehead atoms. The summed E-state index contributed by atoms with van der Waals surface area (Å²) < 4.78 is 2.19. The summed E-state index contributed by atoms with van der Waals surface area (Å²) in [6.07, 6.45) is 13.3. The highest BCUT2D eigenvalue weighted by molar-refractivity contribution is 5.55. The first-order valence-electron chi connectivity index (χ1n) is 11.9. The first-order chi connectivity index (χ1) is 16.2. The number of pyridine rings is 1. The number of hydrogen-bond donors (Lipinski definition) is 1. The Hall–Kier alpha value is -3.31. The van der Waals surface area contributed by atoms with E-state index in [-0.39, 0.29) is 0 Å². The molecule has 1 N–H and O–H groups in total. The average molecular weight is 443 g/mol. The van der Waals surface area contributed by atoms with Gasteiger partial charge in [-0.1, -0.05) is 12.8 Å². The highest BCUT2D eigenvalue weighted by atomic mass is 15.3. The van der Waals surface area contributed by atoms with Crippen LogP contribution in [0.1, 0.15) is 73.3 Å². The van der Waals surface area contributed by atoms with Crippen LogP contribution in [-0.4, -0.2) is 42.7 Å². The van der Waals surface area contributed by atoms with Crippen molar-refractivity contribution in [1.82, 2.24) is 29.6 Å². The molecule has 0 radical (unpaired) electrons. The predicted octanol–water partition coefficient (Wildman–Crippen LogP) is 4.49. The van der Waals surface area contributed by atoms with E-state index in [0.717, 1.165) is 55.5 Å². The average Bonchev–Trinajstić information content (AvgIpc) is 3.52. The van der Waals surface area contributed by atoms with Gasteiger partial charge in [-0.15, -0.1) is 0 Å². The molecule has 3 aromatic rings. The Bertz CT molecular complexity index is 1120. The summed E-state index contributed by atoms with van der Waals surface area (Å²) in [4.78, 5) is 15.9. The predicted molar refractivity (Wildman–Crippen MR) is 126 cm³/mol. The molecule has 0 amide bonds. The van der Waals surface area contributed by atoms with E-state index in [9.17, 15) is 0 Å². The topological polar surface area (TPSA) is 95.5 Å². The lowest BCUT2D eigenvalue weighted by Gasteiger charge is -2.31. The summed E-state index contributed by atoms with van der Waals surface area (Å²) >= 11 is 0. The molecule has 8 nitrogen and oxygen atoms in total. The molecule has 2 aliphatic rings. The maximum atomic E-state index is 8.92. The van der Waals surface area contributed by atoms with E-state index >= 15 is 0 Å². The highest BCUT2D eigenvalue weighted by Crippen LogP contribution is 2.31. The van der Waals surface area contributed by atoms with Gasteiger partial charge in [-0.05, 0) is 57.8 Å². The number of piperidine rings is 1. The first-order valence-corrected chi connectivity index (χ1v) is 11.9. The van der Waals surface area contributed by atoms with E-state index in [2.05, 4.69) is 42.2 Å². The smallest absolute Gasteiger partial charge is 0.140 e. The molecule has 0 unspecified atom stereocenters. The van der Waals surface area contributed by atoms with Gasteiger partial charge in [-0.3, -0.25) is 9.58 Å². The van der Waals surface area contributed by atoms with Gasteiger partial charge in [-0.25, -0.2) is 15.0 Å². The van der Waals surface area contributed by atoms with Gasteiger partial charge in [0.15, 0.2) is 0 Å². The van der Waals surface area contributed by atoms with Gasteiger partial charge < -0.3 is 5.32 Å². The fourth-order valence-electron chi connectivity index (χ4n) is 5.02. The lowest BCUT2D eigenvalue weighted by atomic mass is 9.93. The number of hydrogen-bond acceptors (Lipinski definition) is 7. The number of anilines is 2. The zero-order valence-electron chi connectivity index (χ0n) is 19.1. The van der Waals surface area contributed by atoms with Crippen LogP contribution < -0.4 is 5.32 Å². The minimum absolute atomic E-state index is 0.401. The largest absolute Gasteiger partial charge is 0.339 e. The SMILES string of the molecule is Cc1nc(Nc2ccc(C#N)nc2)cc(C2CCN(Cc3cnn(C4CCCC4)c3)CC2)n1. The molecule has 2 fully saturated rings. The normalized spacial score (nSPS) is 17.8. The van der Waals surface area contributed by atoms with Gasteiger partial charge in [0.1, 0.15) is 23.4 Å². The number of rotatable bonds is 6. The standard InChI is InChI=1S/C25H30N8/c1-18-29-24(12-25(30-18)31-22-7-6-21(13-26)27-15-22)20-8-10-32(11-9-20)16-19-14-28-33(17-19)23-4-2-3-5-23/h6-7,12,14-15,17,20,23H,2-5,8-11,16H2,1H3,(H,29,30,31). The number of likely N-dealkylation sites (tertiary alicyclic amines) is 1. The van der Waals surface area contributed by atoms with Gasteiger partial charge in [0.25, 0.3) is 0 Å². The van der Waals surface area contributed by atoms with Crippen LogP contribution in [-0.2, 0) is 6.54 Å². The number of aromatic nitrogens is 5. The van der Waals surface area contributed by atoms with Crippen molar-refractivity contribution < 1.29 is 0 Å². The summed E-state index contributed by atoms with van der Waals surface area (Å²) in [5, 5.41) is 16.9. The van der Waals surface area contributed by atoms with Crippen molar-refractivity contribution >= 4 is 11.5 Å². The molecule has 4 heterocycles. The Labute approximate surface area is 194 Å². The zero-order valence-corrected chi connectivity index (χ0v) is 19.1. The van der Waals surface area contributed by atoms with Gasteiger partial charge in [0.05, 0.1) is 24.1 Å². The second kappa shape index (κ2) is 9.67. The summed E-state index contributed by atoms with van der Waals surface area (Å²) in [5.74, 6) is 1.97. The third-order valence-electron chi connectivity index (χ3n) is 6.77. The third kappa shape index (κ3) is 5.20. The van der Waals surface area contributed by atoms with Gasteiger partial charge in [0, 0.05) is 36.0 Å². The fourth-order valence-corrected chi connectivity index (χ4v) is 5.02. The van der Waals surface area contributed by atoms with Crippen LogP contribution in [0.4, 0.5) is 11.5 Å². The Kier molecular flexibility index (Phi) is 6.31. The van der Waals surface area contributed by atoms with E-state index < -0.39 is 0 Å². The maximum Gasteiger partial charge on any atom is 0.140 e. The Balaban J connectivity index is 1.18. The zero-order chi connectivity index (χ0) is 22.6. The molecule has 8 heteroatoms. The molecule has 1 saturated carbocycles. The van der Waals surface area contributed by atoms with Gasteiger partial charge in [-0.2, -0.15) is 10.4 Å². The van der Waals surface area contributed by atoms with Crippen LogP contribution in [0.5, 0.6) is 0 Å². The van der Waals surface area contributed by atoms with Crippen molar-refractivity contribution in [2.75, 3.05) is 18.4 Å². The Morgan fingerprint density at radius 2 is 1.91 bits per heavy atom. The molecular formula is C25H30N8. The molecule has 1 saturated heterocycles. The van der Waals surface area contributed by atoms with Crippen molar-refractivity contribution in [3.63, 3.8) is 0 Å². The van der Waals surface area contributed by atoms with E-state index in [1.165, 1.54) is 31.2 Å². The summed E-state index contributed by atoms with van der Waals surface area (Å²) in [7, 11) is 0. The van der Waals surface area contributed by atoms with E-state index in [1.54, 1.807) is 12.3 Å². The molecule has 1 aliphatic carbocycles. The van der Waals surface area contributed by atoms with Crippen LogP contribution in [0, 0.1) is 18.3 Å². The number of nitrogens with zero attached hydrogens (tertiary/aromatic N) is 7. The lowest BCUT2D eigenvalue weighted by Crippen LogP contribution is -2.32. The molecule has 33 heavy (non-hydrogen) atoms. The molecular weight excluding hydrogens is 412 g/mol. The van der Waals surface area contributed by atoms with Crippen LogP contribution in [0.15, 0.2) is 36.8 Å². The number of nitriles is 1. The second-order valence-corrected chi connectivity index (χ2v) is 9.21. The van der Waals surface area contributed by atoms with Crippen molar-refractivity contribution in [1.29, 1.82) is 5.26 Å². The second-order valence-electron chi connectivity index (χ2n) is 9.21. The number of nitrogens with one attached hydrogen (secondary N) is 1. The molecule has 3 aromatic heterocycles. The quantitative estimate of drug-likeness (QED) is 0.601. The summed E-state index contributed by atoms with van der Waals surface area (Å²) in [6.45, 7) is 5.03. The molecule has 0 aromatic carbocycles. The fraction of sp³-hybridized carbons (Fsp3) is 0.480. The molecule has 170 valence electrons. The molecule has 0 atom stereocenters. The lowest BCUT2D eigenvalue weighted by molar-refractivity contribution is 0.203. The Morgan fingerprint density at radius 3 is 2.64 bits per heavy atom. The van der Waals surface area contributed by atoms with Crippen LogP contribution in [0.3, 0.4) is 0 Å². The molecule has 1 aliphatic heterocycles. The Morgan fingerprint density at radius 1 is 1.09 bits per heavy atom. The van der Waals surface area contributed by atoms with Gasteiger partial charge >= 0.3 is 0 Å². The molecule has 5 rings (SSSR count). The summed E-state index contributed by atoms with van der Waals surface area (Å²) in [5.41, 5.74) is 3.63. The van der Waals surface area contributed by atoms with Crippen LogP contribution >= 0.6 is 0 Å². The monoisotopic (exact) mass is 442 g/mol. The van der Waals surface area contributed by atoms with E-state index in [4.69, 9.17) is 10.2 Å². The van der Waals surface area contributed by atoms with E-state index in [0.29, 0.717) is 17.7 Å². The molecule has 0 spiro atoms. The number of aryl methyl sites for hydroxylation is 1. The van der Waals surface area contributed by atoms with E-state index in [1.807, 2.05) is 25.3 Å². The van der Waals surface area contributed by atoms with Crippen molar-refractivity contribution in [2.24, 2.45) is 0 Å². The summed E-state index contributed by atoms with van der Waals surface area (Å²) in [6, 6.07) is 8.24. The van der Waals surface area contributed by atoms with Crippen LogP contribution in [0.25, 0.3) is 0 Å². The van der Waals surface area contributed by atoms with Crippen molar-refractivity contribution in [3.8, 4) is 6.07 Å². The third-order valence-corrected chi connectivity index (χ3v) is 6.77. The highest BCUT2D eigenvalue weighted by Gasteiger charge is 2.23. The van der Waals surface area contributed by atoms with Crippen molar-refractivity contribution in [2.45, 2.75) is 64.0 Å². The minimum atomic E-state index is 0.401. The van der Waals surface area contributed by atoms with Gasteiger partial charge in [0.2, 0.25) is 0 Å². The maximum absolute atomic E-state index is 8.92. The van der Waals surface area contributed by atoms with Crippen molar-refractivity contribution in [3.05, 3.63) is 59.6 Å². The minimum Gasteiger partial charge on any atom is -0.339 e.